The topological polar surface area (TPSA) is 38.0 Å². The molecule has 0 radical (unpaired) electrons. The molecule has 1 rings (SSSR count). The lowest BCUT2D eigenvalue weighted by Crippen LogP contribution is -2.45. The minimum atomic E-state index is -1.84. The number of halogens is 1. The maximum Gasteiger partial charge on any atom is 0.252 e. The molecule has 0 aromatic heterocycles. The summed E-state index contributed by atoms with van der Waals surface area (Å²) in [6, 6.07) is 0. The summed E-state index contributed by atoms with van der Waals surface area (Å²) in [7, 11) is 0. The molecular formula is C5H7FN2. The van der Waals surface area contributed by atoms with Crippen molar-refractivity contribution in [3.05, 3.63) is 24.4 Å². The highest BCUT2D eigenvalue weighted by molar-refractivity contribution is 5.13. The molecule has 0 saturated heterocycles. The molecule has 3 N–H and O–H groups in total. The van der Waals surface area contributed by atoms with Gasteiger partial charge in [0.25, 0.3) is 5.92 Å². The highest BCUT2D eigenvalue weighted by Gasteiger charge is 2.17. The van der Waals surface area contributed by atoms with Gasteiger partial charge in [-0.05, 0) is 12.2 Å². The van der Waals surface area contributed by atoms with E-state index in [4.69, 9.17) is 5.73 Å². The van der Waals surface area contributed by atoms with Crippen molar-refractivity contribution in [2.45, 2.75) is 5.92 Å². The van der Waals surface area contributed by atoms with Gasteiger partial charge >= 0.3 is 0 Å². The molecule has 44 valence electrons. The van der Waals surface area contributed by atoms with Crippen molar-refractivity contribution in [3.63, 3.8) is 0 Å². The molecule has 1 atom stereocenters. The molecule has 8 heavy (non-hydrogen) atoms. The first-order valence-corrected chi connectivity index (χ1v) is 2.31. The Morgan fingerprint density at radius 1 is 1.50 bits per heavy atom. The van der Waals surface area contributed by atoms with Crippen molar-refractivity contribution in [2.75, 3.05) is 0 Å². The molecule has 0 fully saturated rings. The fraction of sp³-hybridized carbons (Fsp3) is 0.200. The third-order valence-electron chi connectivity index (χ3n) is 0.851. The highest BCUT2D eigenvalue weighted by Crippen LogP contribution is 2.02. The van der Waals surface area contributed by atoms with Gasteiger partial charge in [-0.15, -0.1) is 0 Å². The quantitative estimate of drug-likeness (QED) is 0.443. The molecule has 1 aliphatic rings. The Labute approximate surface area is 46.9 Å². The Balaban J connectivity index is 2.65. The molecule has 0 amide bonds. The van der Waals surface area contributed by atoms with Gasteiger partial charge in [0, 0.05) is 6.20 Å². The van der Waals surface area contributed by atoms with Crippen LogP contribution in [0.25, 0.3) is 0 Å². The summed E-state index contributed by atoms with van der Waals surface area (Å²) in [6.07, 6.45) is 5.92. The van der Waals surface area contributed by atoms with Gasteiger partial charge in [-0.1, -0.05) is 6.08 Å². The number of hydrogen-bond donors (Lipinski definition) is 2. The zero-order valence-corrected chi connectivity index (χ0v) is 4.26. The van der Waals surface area contributed by atoms with E-state index < -0.39 is 5.92 Å². The van der Waals surface area contributed by atoms with Crippen LogP contribution in [0.2, 0.25) is 0 Å². The Hall–Kier alpha value is -0.830. The molecule has 0 spiro atoms. The van der Waals surface area contributed by atoms with E-state index in [0.29, 0.717) is 0 Å². The van der Waals surface area contributed by atoms with Crippen molar-refractivity contribution in [3.8, 4) is 0 Å². The second-order valence-corrected chi connectivity index (χ2v) is 1.63. The van der Waals surface area contributed by atoms with Crippen LogP contribution in [0.4, 0.5) is 4.39 Å². The van der Waals surface area contributed by atoms with E-state index in [9.17, 15) is 4.39 Å². The highest BCUT2D eigenvalue weighted by atomic mass is 19.1. The van der Waals surface area contributed by atoms with Gasteiger partial charge in [0.1, 0.15) is 0 Å². The van der Waals surface area contributed by atoms with Crippen molar-refractivity contribution in [2.24, 2.45) is 5.73 Å². The molecule has 1 heterocycles. The lowest BCUT2D eigenvalue weighted by molar-refractivity contribution is 0.207. The molecule has 1 unspecified atom stereocenters. The fourth-order valence-electron chi connectivity index (χ4n) is 0.475. The first-order valence-electron chi connectivity index (χ1n) is 2.31. The Morgan fingerprint density at radius 3 is 2.50 bits per heavy atom. The summed E-state index contributed by atoms with van der Waals surface area (Å²) in [5, 5.41) is 2.30. The molecule has 2 nitrogen and oxygen atoms in total. The molecular weight excluding hydrogens is 107 g/mol. The van der Waals surface area contributed by atoms with Gasteiger partial charge < -0.3 is 5.32 Å². The number of dihydropyridines is 1. The van der Waals surface area contributed by atoms with E-state index in [1.165, 1.54) is 12.3 Å². The molecule has 0 bridgehead atoms. The van der Waals surface area contributed by atoms with Crippen LogP contribution in [0, 0.1) is 0 Å². The SMILES string of the molecule is NC1(F)C=CC=CN1. The van der Waals surface area contributed by atoms with E-state index in [2.05, 4.69) is 5.32 Å². The third-order valence-corrected chi connectivity index (χ3v) is 0.851. The predicted molar refractivity (Wildman–Crippen MR) is 29.4 cm³/mol. The van der Waals surface area contributed by atoms with Crippen molar-refractivity contribution in [1.29, 1.82) is 0 Å². The van der Waals surface area contributed by atoms with Crippen LogP contribution in [-0.2, 0) is 0 Å². The summed E-state index contributed by atoms with van der Waals surface area (Å²) in [4.78, 5) is 0. The van der Waals surface area contributed by atoms with E-state index in [1.54, 1.807) is 12.2 Å². The van der Waals surface area contributed by atoms with E-state index >= 15 is 0 Å². The Morgan fingerprint density at radius 2 is 2.25 bits per heavy atom. The molecule has 3 heteroatoms. The Kier molecular flexibility index (Phi) is 1.06. The van der Waals surface area contributed by atoms with Crippen LogP contribution in [0.15, 0.2) is 24.4 Å². The van der Waals surface area contributed by atoms with Crippen molar-refractivity contribution < 1.29 is 4.39 Å². The average Bonchev–Trinajstić information content (AvgIpc) is 1.65. The first kappa shape index (κ1) is 5.31. The van der Waals surface area contributed by atoms with Crippen LogP contribution in [0.5, 0.6) is 0 Å². The summed E-state index contributed by atoms with van der Waals surface area (Å²) in [6.45, 7) is 0. The zero-order chi connectivity index (χ0) is 6.04. The van der Waals surface area contributed by atoms with Gasteiger partial charge in [0.05, 0.1) is 0 Å². The number of rotatable bonds is 0. The monoisotopic (exact) mass is 114 g/mol. The number of hydrogen-bond acceptors (Lipinski definition) is 2. The number of nitrogens with two attached hydrogens (primary N) is 1. The minimum absolute atomic E-state index is 1.24. The Bertz CT molecular complexity index is 137. The van der Waals surface area contributed by atoms with E-state index in [1.807, 2.05) is 0 Å². The van der Waals surface area contributed by atoms with Gasteiger partial charge in [0.2, 0.25) is 0 Å². The number of alkyl halides is 1. The first-order chi connectivity index (χ1) is 3.71. The van der Waals surface area contributed by atoms with E-state index in [-0.39, 0.29) is 0 Å². The fourth-order valence-corrected chi connectivity index (χ4v) is 0.475. The lowest BCUT2D eigenvalue weighted by Gasteiger charge is -2.17. The smallest absolute Gasteiger partial charge is 0.252 e. The summed E-state index contributed by atoms with van der Waals surface area (Å²) in [5.41, 5.74) is 4.96. The van der Waals surface area contributed by atoms with Gasteiger partial charge in [-0.2, -0.15) is 4.39 Å². The van der Waals surface area contributed by atoms with Crippen LogP contribution < -0.4 is 11.1 Å². The number of allylic oxidation sites excluding steroid dienone is 2. The minimum Gasteiger partial charge on any atom is -0.344 e. The molecule has 0 saturated carbocycles. The zero-order valence-electron chi connectivity index (χ0n) is 4.26. The van der Waals surface area contributed by atoms with Crippen LogP contribution in [0.3, 0.4) is 0 Å². The summed E-state index contributed by atoms with van der Waals surface area (Å²) in [5.74, 6) is -1.84. The van der Waals surface area contributed by atoms with Gasteiger partial charge in [-0.3, -0.25) is 5.73 Å². The molecule has 0 aromatic carbocycles. The van der Waals surface area contributed by atoms with Crippen molar-refractivity contribution in [1.82, 2.24) is 5.32 Å². The molecule has 0 aliphatic carbocycles. The van der Waals surface area contributed by atoms with Crippen LogP contribution >= 0.6 is 0 Å². The molecule has 1 aliphatic heterocycles. The predicted octanol–water partition coefficient (Wildman–Crippen LogP) is 0.242. The van der Waals surface area contributed by atoms with Crippen LogP contribution in [0.1, 0.15) is 0 Å². The second kappa shape index (κ2) is 1.59. The summed E-state index contributed by atoms with van der Waals surface area (Å²) >= 11 is 0. The van der Waals surface area contributed by atoms with Crippen LogP contribution in [-0.4, -0.2) is 5.92 Å². The average molecular weight is 114 g/mol. The largest absolute Gasteiger partial charge is 0.344 e. The molecule has 0 aromatic rings. The normalized spacial score (nSPS) is 34.8. The summed E-state index contributed by atoms with van der Waals surface area (Å²) < 4.78 is 12.4. The van der Waals surface area contributed by atoms with Gasteiger partial charge in [-0.25, -0.2) is 0 Å². The third kappa shape index (κ3) is 1.07. The van der Waals surface area contributed by atoms with Gasteiger partial charge in [0.15, 0.2) is 0 Å². The maximum atomic E-state index is 12.4. The standard InChI is InChI=1S/C5H7FN2/c6-5(7)3-1-2-4-8-5/h1-4,8H,7H2. The second-order valence-electron chi connectivity index (χ2n) is 1.63. The lowest BCUT2D eigenvalue weighted by atomic mass is 10.3. The number of nitrogens with one attached hydrogen (secondary N) is 1. The van der Waals surface area contributed by atoms with Crippen molar-refractivity contribution >= 4 is 0 Å². The van der Waals surface area contributed by atoms with E-state index in [0.717, 1.165) is 0 Å². The maximum absolute atomic E-state index is 12.4.